The fourth-order valence-electron chi connectivity index (χ4n) is 2.99. The van der Waals surface area contributed by atoms with Crippen LogP contribution in [0.25, 0.3) is 0 Å². The summed E-state index contributed by atoms with van der Waals surface area (Å²) in [6.07, 6.45) is 5.30. The van der Waals surface area contributed by atoms with Crippen molar-refractivity contribution < 1.29 is 14.3 Å². The second-order valence-corrected chi connectivity index (χ2v) is 4.89. The van der Waals surface area contributed by atoms with Crippen LogP contribution in [0, 0.1) is 0 Å². The number of ketones is 1. The number of hydrogen-bond acceptors (Lipinski definition) is 4. The second-order valence-electron chi connectivity index (χ2n) is 4.89. The van der Waals surface area contributed by atoms with Crippen LogP contribution < -0.4 is 5.32 Å². The zero-order valence-corrected chi connectivity index (χ0v) is 8.88. The molecule has 1 saturated carbocycles. The van der Waals surface area contributed by atoms with Gasteiger partial charge in [0.15, 0.2) is 0 Å². The van der Waals surface area contributed by atoms with Crippen molar-refractivity contribution in [2.24, 2.45) is 0 Å². The minimum absolute atomic E-state index is 0.109. The molecule has 0 unspecified atom stereocenters. The van der Waals surface area contributed by atoms with Crippen LogP contribution in [0.15, 0.2) is 0 Å². The maximum atomic E-state index is 11.2. The minimum atomic E-state index is -0.514. The third-order valence-electron chi connectivity index (χ3n) is 3.91. The number of ether oxygens (including phenoxy) is 2. The molecule has 3 aliphatic rings. The third kappa shape index (κ3) is 1.61. The molecule has 3 fully saturated rings. The molecule has 0 aromatic rings. The molecule has 0 amide bonds. The highest BCUT2D eigenvalue weighted by molar-refractivity contribution is 5.79. The molecule has 2 saturated heterocycles. The molecule has 2 spiro atoms. The van der Waals surface area contributed by atoms with Crippen molar-refractivity contribution in [1.82, 2.24) is 5.32 Å². The number of rotatable bonds is 0. The van der Waals surface area contributed by atoms with Crippen LogP contribution in [-0.2, 0) is 14.3 Å². The average molecular weight is 211 g/mol. The van der Waals surface area contributed by atoms with Gasteiger partial charge in [0.1, 0.15) is 5.78 Å². The summed E-state index contributed by atoms with van der Waals surface area (Å²) in [4.78, 5) is 11.2. The molecule has 4 nitrogen and oxygen atoms in total. The Hall–Kier alpha value is -0.450. The van der Waals surface area contributed by atoms with E-state index in [0.29, 0.717) is 31.8 Å². The van der Waals surface area contributed by atoms with Gasteiger partial charge in [-0.15, -0.1) is 0 Å². The number of nitrogens with one attached hydrogen (secondary N) is 1. The van der Waals surface area contributed by atoms with Gasteiger partial charge in [-0.3, -0.25) is 10.1 Å². The highest BCUT2D eigenvalue weighted by Gasteiger charge is 2.51. The molecule has 0 radical (unpaired) electrons. The first-order valence-corrected chi connectivity index (χ1v) is 5.81. The van der Waals surface area contributed by atoms with Gasteiger partial charge < -0.3 is 9.47 Å². The lowest BCUT2D eigenvalue weighted by Gasteiger charge is -2.35. The number of carbonyl (C=O) groups excluding carboxylic acids is 1. The summed E-state index contributed by atoms with van der Waals surface area (Å²) in [6, 6.07) is 0. The van der Waals surface area contributed by atoms with Crippen LogP contribution in [-0.4, -0.2) is 30.4 Å². The lowest BCUT2D eigenvalue weighted by Crippen LogP contribution is -2.52. The van der Waals surface area contributed by atoms with E-state index in [2.05, 4.69) is 5.32 Å². The van der Waals surface area contributed by atoms with Crippen LogP contribution in [0.4, 0.5) is 0 Å². The molecular formula is C11H17NO3. The van der Waals surface area contributed by atoms with Crippen molar-refractivity contribution in [3.05, 3.63) is 0 Å². The number of hydrogen-bond donors (Lipinski definition) is 1. The van der Waals surface area contributed by atoms with E-state index in [0.717, 1.165) is 25.7 Å². The maximum absolute atomic E-state index is 11.2. The first-order valence-electron chi connectivity index (χ1n) is 5.81. The van der Waals surface area contributed by atoms with Crippen LogP contribution in [0.5, 0.6) is 0 Å². The first kappa shape index (κ1) is 9.75. The molecule has 0 aromatic heterocycles. The van der Waals surface area contributed by atoms with E-state index in [1.807, 2.05) is 0 Å². The number of Topliss-reactive ketones (excluding diaryl/α,β-unsaturated/α-hetero) is 1. The van der Waals surface area contributed by atoms with E-state index in [-0.39, 0.29) is 5.54 Å². The fourth-order valence-corrected chi connectivity index (χ4v) is 2.99. The molecule has 84 valence electrons. The monoisotopic (exact) mass is 211 g/mol. The Morgan fingerprint density at radius 3 is 2.33 bits per heavy atom. The van der Waals surface area contributed by atoms with Crippen molar-refractivity contribution >= 4 is 5.78 Å². The highest BCUT2D eigenvalue weighted by Crippen LogP contribution is 2.42. The number of carbonyl (C=O) groups is 1. The van der Waals surface area contributed by atoms with Gasteiger partial charge in [-0.1, -0.05) is 0 Å². The molecule has 0 bridgehead atoms. The van der Waals surface area contributed by atoms with Crippen molar-refractivity contribution in [3.63, 3.8) is 0 Å². The van der Waals surface area contributed by atoms with Crippen LogP contribution >= 0.6 is 0 Å². The van der Waals surface area contributed by atoms with Gasteiger partial charge in [0, 0.05) is 24.8 Å². The van der Waals surface area contributed by atoms with E-state index in [1.54, 1.807) is 0 Å². The summed E-state index contributed by atoms with van der Waals surface area (Å²) in [6.45, 7) is 1.37. The van der Waals surface area contributed by atoms with Crippen molar-refractivity contribution in [2.45, 2.75) is 50.0 Å². The SMILES string of the molecule is O=C1CCC2(CC1)CCC1(N2)OCCO1. The summed E-state index contributed by atoms with van der Waals surface area (Å²) in [5, 5.41) is 3.51. The van der Waals surface area contributed by atoms with E-state index >= 15 is 0 Å². The quantitative estimate of drug-likeness (QED) is 0.648. The maximum Gasteiger partial charge on any atom is 0.228 e. The van der Waals surface area contributed by atoms with E-state index < -0.39 is 5.91 Å². The standard InChI is InChI=1S/C11H17NO3/c13-9-1-3-10(4-2-9)5-6-11(12-10)14-7-8-15-11/h12H,1-8H2. The molecule has 2 aliphatic heterocycles. The second kappa shape index (κ2) is 3.27. The normalized spacial score (nSPS) is 32.9. The van der Waals surface area contributed by atoms with Crippen LogP contribution in [0.1, 0.15) is 38.5 Å². The lowest BCUT2D eigenvalue weighted by molar-refractivity contribution is -0.175. The molecule has 4 heteroatoms. The van der Waals surface area contributed by atoms with Gasteiger partial charge in [-0.25, -0.2) is 0 Å². The predicted molar refractivity (Wildman–Crippen MR) is 53.2 cm³/mol. The average Bonchev–Trinajstić information content (AvgIpc) is 2.82. The highest BCUT2D eigenvalue weighted by atomic mass is 16.8. The van der Waals surface area contributed by atoms with Crippen molar-refractivity contribution in [1.29, 1.82) is 0 Å². The molecule has 0 atom stereocenters. The van der Waals surface area contributed by atoms with Gasteiger partial charge in [0.2, 0.25) is 5.91 Å². The Kier molecular flexibility index (Phi) is 2.13. The first-order chi connectivity index (χ1) is 7.22. The van der Waals surface area contributed by atoms with Gasteiger partial charge in [0.05, 0.1) is 13.2 Å². The topological polar surface area (TPSA) is 47.6 Å². The Bertz CT molecular complexity index is 274. The molecule has 15 heavy (non-hydrogen) atoms. The Morgan fingerprint density at radius 1 is 1.00 bits per heavy atom. The van der Waals surface area contributed by atoms with Crippen LogP contribution in [0.3, 0.4) is 0 Å². The molecule has 2 heterocycles. The fraction of sp³-hybridized carbons (Fsp3) is 0.909. The van der Waals surface area contributed by atoms with Gasteiger partial charge in [0.25, 0.3) is 0 Å². The van der Waals surface area contributed by atoms with Gasteiger partial charge in [-0.2, -0.15) is 0 Å². The third-order valence-corrected chi connectivity index (χ3v) is 3.91. The van der Waals surface area contributed by atoms with Crippen molar-refractivity contribution in [3.8, 4) is 0 Å². The van der Waals surface area contributed by atoms with E-state index in [4.69, 9.17) is 9.47 Å². The summed E-state index contributed by atoms with van der Waals surface area (Å²) < 4.78 is 11.3. The lowest BCUT2D eigenvalue weighted by atomic mass is 9.80. The molecular weight excluding hydrogens is 194 g/mol. The molecule has 1 N–H and O–H groups in total. The summed E-state index contributed by atoms with van der Waals surface area (Å²) in [5.74, 6) is -0.114. The predicted octanol–water partition coefficient (Wildman–Crippen LogP) is 0.952. The molecule has 0 aromatic carbocycles. The largest absolute Gasteiger partial charge is 0.335 e. The summed E-state index contributed by atoms with van der Waals surface area (Å²) in [7, 11) is 0. The zero-order valence-electron chi connectivity index (χ0n) is 8.88. The Balaban J connectivity index is 1.71. The minimum Gasteiger partial charge on any atom is -0.335 e. The van der Waals surface area contributed by atoms with E-state index in [9.17, 15) is 4.79 Å². The zero-order chi connectivity index (χ0) is 10.4. The van der Waals surface area contributed by atoms with E-state index in [1.165, 1.54) is 0 Å². The Morgan fingerprint density at radius 2 is 1.67 bits per heavy atom. The molecule has 1 aliphatic carbocycles. The smallest absolute Gasteiger partial charge is 0.228 e. The molecule has 3 rings (SSSR count). The van der Waals surface area contributed by atoms with Gasteiger partial charge >= 0.3 is 0 Å². The van der Waals surface area contributed by atoms with Crippen molar-refractivity contribution in [2.75, 3.05) is 13.2 Å². The Labute approximate surface area is 89.3 Å². The van der Waals surface area contributed by atoms with Crippen LogP contribution in [0.2, 0.25) is 0 Å². The summed E-state index contributed by atoms with van der Waals surface area (Å²) in [5.41, 5.74) is 0.109. The summed E-state index contributed by atoms with van der Waals surface area (Å²) >= 11 is 0. The van der Waals surface area contributed by atoms with Gasteiger partial charge in [-0.05, 0) is 19.3 Å².